The topological polar surface area (TPSA) is 63.3 Å². The molecule has 0 saturated carbocycles. The highest BCUT2D eigenvalue weighted by Crippen LogP contribution is 2.34. The lowest BCUT2D eigenvalue weighted by molar-refractivity contribution is -0.148. The van der Waals surface area contributed by atoms with Crippen molar-refractivity contribution in [3.63, 3.8) is 0 Å². The van der Waals surface area contributed by atoms with E-state index in [0.29, 0.717) is 0 Å². The second-order valence-corrected chi connectivity index (χ2v) is 6.83. The molecule has 0 radical (unpaired) electrons. The summed E-state index contributed by atoms with van der Waals surface area (Å²) in [6, 6.07) is 5.59. The Balaban J connectivity index is 3.21. The highest BCUT2D eigenvalue weighted by atomic mass is 16.4. The van der Waals surface area contributed by atoms with Crippen LogP contribution >= 0.6 is 0 Å². The van der Waals surface area contributed by atoms with Crippen molar-refractivity contribution in [2.24, 2.45) is 11.1 Å². The summed E-state index contributed by atoms with van der Waals surface area (Å²) in [4.78, 5) is 11.3. The maximum atomic E-state index is 11.3. The number of aryl methyl sites for hydroxylation is 1. The number of hydrogen-bond donors (Lipinski definition) is 2. The minimum absolute atomic E-state index is 0.0791. The predicted octanol–water partition coefficient (Wildman–Crippen LogP) is 3.40. The summed E-state index contributed by atoms with van der Waals surface area (Å²) < 4.78 is 0. The van der Waals surface area contributed by atoms with Crippen LogP contribution in [0, 0.1) is 12.3 Å². The van der Waals surface area contributed by atoms with E-state index in [4.69, 9.17) is 5.73 Å². The van der Waals surface area contributed by atoms with Crippen LogP contribution < -0.4 is 5.73 Å². The number of carbonyl (C=O) groups is 1. The predicted molar refractivity (Wildman–Crippen MR) is 78.2 cm³/mol. The van der Waals surface area contributed by atoms with Gasteiger partial charge in [0.05, 0.1) is 5.41 Å². The van der Waals surface area contributed by atoms with Gasteiger partial charge in [0.25, 0.3) is 0 Å². The van der Waals surface area contributed by atoms with Crippen LogP contribution in [-0.4, -0.2) is 11.1 Å². The third-order valence-corrected chi connectivity index (χ3v) is 3.80. The average molecular weight is 263 g/mol. The zero-order valence-electron chi connectivity index (χ0n) is 12.7. The van der Waals surface area contributed by atoms with Crippen LogP contribution in [0.5, 0.6) is 0 Å². The minimum Gasteiger partial charge on any atom is -0.481 e. The summed E-state index contributed by atoms with van der Waals surface area (Å²) in [5, 5.41) is 9.27. The second kappa shape index (κ2) is 4.97. The summed E-state index contributed by atoms with van der Waals surface area (Å²) in [5.41, 5.74) is 8.44. The number of hydrogen-bond acceptors (Lipinski definition) is 2. The molecular formula is C16H25NO2. The molecule has 1 atom stereocenters. The lowest BCUT2D eigenvalue weighted by atomic mass is 9.78. The Morgan fingerprint density at radius 3 is 2.11 bits per heavy atom. The van der Waals surface area contributed by atoms with Crippen molar-refractivity contribution in [2.75, 3.05) is 0 Å². The van der Waals surface area contributed by atoms with Gasteiger partial charge in [0.15, 0.2) is 0 Å². The first kappa shape index (κ1) is 15.7. The summed E-state index contributed by atoms with van der Waals surface area (Å²) in [6.45, 7) is 11.8. The summed E-state index contributed by atoms with van der Waals surface area (Å²) >= 11 is 0. The van der Waals surface area contributed by atoms with E-state index in [1.165, 1.54) is 5.56 Å². The molecule has 0 heterocycles. The van der Waals surface area contributed by atoms with Gasteiger partial charge in [0.1, 0.15) is 0 Å². The van der Waals surface area contributed by atoms with Gasteiger partial charge in [0.2, 0.25) is 0 Å². The van der Waals surface area contributed by atoms with Crippen molar-refractivity contribution < 1.29 is 9.90 Å². The highest BCUT2D eigenvalue weighted by molar-refractivity contribution is 5.75. The van der Waals surface area contributed by atoms with Gasteiger partial charge >= 0.3 is 5.97 Å². The van der Waals surface area contributed by atoms with Crippen LogP contribution in [0.4, 0.5) is 0 Å². The van der Waals surface area contributed by atoms with E-state index in [0.717, 1.165) is 11.1 Å². The summed E-state index contributed by atoms with van der Waals surface area (Å²) in [7, 11) is 0. The van der Waals surface area contributed by atoms with Gasteiger partial charge in [-0.15, -0.1) is 0 Å². The number of rotatable bonds is 3. The fourth-order valence-electron chi connectivity index (χ4n) is 2.01. The van der Waals surface area contributed by atoms with Crippen molar-refractivity contribution in [2.45, 2.75) is 53.0 Å². The molecule has 0 amide bonds. The van der Waals surface area contributed by atoms with Gasteiger partial charge in [-0.1, -0.05) is 39.0 Å². The monoisotopic (exact) mass is 263 g/mol. The third-order valence-electron chi connectivity index (χ3n) is 3.80. The van der Waals surface area contributed by atoms with Crippen molar-refractivity contribution in [1.29, 1.82) is 0 Å². The Kier molecular flexibility index (Phi) is 4.11. The van der Waals surface area contributed by atoms with E-state index in [1.54, 1.807) is 13.8 Å². The van der Waals surface area contributed by atoms with Gasteiger partial charge in [-0.3, -0.25) is 4.79 Å². The van der Waals surface area contributed by atoms with Crippen LogP contribution in [-0.2, 0) is 10.2 Å². The standard InChI is InChI=1S/C16H25NO2/c1-10-9-11(15(2,3)4)7-8-12(10)13(17)16(5,6)14(18)19/h7-9,13H,17H2,1-6H3,(H,18,19). The molecule has 0 aliphatic rings. The lowest BCUT2D eigenvalue weighted by Crippen LogP contribution is -2.36. The molecule has 106 valence electrons. The van der Waals surface area contributed by atoms with E-state index in [9.17, 15) is 9.90 Å². The Labute approximate surface area is 115 Å². The quantitative estimate of drug-likeness (QED) is 0.878. The van der Waals surface area contributed by atoms with Gasteiger partial charge in [-0.2, -0.15) is 0 Å². The maximum Gasteiger partial charge on any atom is 0.311 e. The highest BCUT2D eigenvalue weighted by Gasteiger charge is 2.36. The van der Waals surface area contributed by atoms with E-state index in [2.05, 4.69) is 26.8 Å². The molecule has 3 nitrogen and oxygen atoms in total. The lowest BCUT2D eigenvalue weighted by Gasteiger charge is -2.29. The molecule has 1 rings (SSSR count). The van der Waals surface area contributed by atoms with E-state index in [-0.39, 0.29) is 5.41 Å². The SMILES string of the molecule is Cc1cc(C(C)(C)C)ccc1C(N)C(C)(C)C(=O)O. The molecular weight excluding hydrogens is 238 g/mol. The second-order valence-electron chi connectivity index (χ2n) is 6.83. The number of carboxylic acid groups (broad SMARTS) is 1. The molecule has 1 aromatic carbocycles. The van der Waals surface area contributed by atoms with Crippen molar-refractivity contribution in [1.82, 2.24) is 0 Å². The molecule has 0 bridgehead atoms. The van der Waals surface area contributed by atoms with E-state index < -0.39 is 17.4 Å². The number of benzene rings is 1. The average Bonchev–Trinajstić information content (AvgIpc) is 2.26. The van der Waals surface area contributed by atoms with Gasteiger partial charge in [0, 0.05) is 6.04 Å². The molecule has 0 saturated heterocycles. The summed E-state index contributed by atoms with van der Waals surface area (Å²) in [5.74, 6) is -0.876. The number of aliphatic carboxylic acids is 1. The van der Waals surface area contributed by atoms with Crippen LogP contribution in [0.1, 0.15) is 57.4 Å². The molecule has 3 heteroatoms. The van der Waals surface area contributed by atoms with Gasteiger partial charge in [-0.05, 0) is 42.9 Å². The molecule has 0 aliphatic heterocycles. The van der Waals surface area contributed by atoms with Gasteiger partial charge in [-0.25, -0.2) is 0 Å². The Hall–Kier alpha value is -1.35. The molecule has 0 aromatic heterocycles. The first-order valence-corrected chi connectivity index (χ1v) is 6.58. The van der Waals surface area contributed by atoms with Gasteiger partial charge < -0.3 is 10.8 Å². The Morgan fingerprint density at radius 1 is 1.21 bits per heavy atom. The molecule has 0 fully saturated rings. The zero-order chi connectivity index (χ0) is 15.0. The Bertz CT molecular complexity index is 484. The van der Waals surface area contributed by atoms with Crippen LogP contribution in [0.2, 0.25) is 0 Å². The van der Waals surface area contributed by atoms with Crippen LogP contribution in [0.25, 0.3) is 0 Å². The smallest absolute Gasteiger partial charge is 0.311 e. The number of nitrogens with two attached hydrogens (primary N) is 1. The van der Waals surface area contributed by atoms with Crippen molar-refractivity contribution >= 4 is 5.97 Å². The number of carboxylic acids is 1. The van der Waals surface area contributed by atoms with Crippen LogP contribution in [0.15, 0.2) is 18.2 Å². The largest absolute Gasteiger partial charge is 0.481 e. The fourth-order valence-corrected chi connectivity index (χ4v) is 2.01. The fraction of sp³-hybridized carbons (Fsp3) is 0.562. The summed E-state index contributed by atoms with van der Waals surface area (Å²) in [6.07, 6.45) is 0. The third kappa shape index (κ3) is 3.16. The Morgan fingerprint density at radius 2 is 1.74 bits per heavy atom. The normalized spacial score (nSPS) is 14.3. The maximum absolute atomic E-state index is 11.3. The molecule has 1 unspecified atom stereocenters. The first-order valence-electron chi connectivity index (χ1n) is 6.58. The van der Waals surface area contributed by atoms with E-state index in [1.807, 2.05) is 19.1 Å². The first-order chi connectivity index (χ1) is 8.48. The van der Waals surface area contributed by atoms with Crippen molar-refractivity contribution in [3.05, 3.63) is 34.9 Å². The van der Waals surface area contributed by atoms with Crippen molar-refractivity contribution in [3.8, 4) is 0 Å². The molecule has 3 N–H and O–H groups in total. The van der Waals surface area contributed by atoms with Crippen LogP contribution in [0.3, 0.4) is 0 Å². The molecule has 0 aliphatic carbocycles. The molecule has 0 spiro atoms. The molecule has 1 aromatic rings. The molecule has 19 heavy (non-hydrogen) atoms. The van der Waals surface area contributed by atoms with E-state index >= 15 is 0 Å². The zero-order valence-corrected chi connectivity index (χ0v) is 12.7. The minimum atomic E-state index is -0.978.